The van der Waals surface area contributed by atoms with Crippen molar-refractivity contribution in [3.05, 3.63) is 35.3 Å². The number of thiazole rings is 1. The van der Waals surface area contributed by atoms with Gasteiger partial charge in [-0.1, -0.05) is 27.3 Å². The molecular formula is C17H19BrN6O2S. The summed E-state index contributed by atoms with van der Waals surface area (Å²) in [5, 5.41) is 4.75. The van der Waals surface area contributed by atoms with Crippen molar-refractivity contribution >= 4 is 48.5 Å². The summed E-state index contributed by atoms with van der Waals surface area (Å²) in [6.45, 7) is 4.75. The van der Waals surface area contributed by atoms with Crippen LogP contribution in [0.2, 0.25) is 0 Å². The van der Waals surface area contributed by atoms with Crippen molar-refractivity contribution in [1.82, 2.24) is 24.6 Å². The molecule has 0 unspecified atom stereocenters. The minimum atomic E-state index is -0.0492. The molecule has 27 heavy (non-hydrogen) atoms. The van der Waals surface area contributed by atoms with Gasteiger partial charge in [-0.3, -0.25) is 14.6 Å². The molecule has 4 rings (SSSR count). The Balaban J connectivity index is 1.56. The molecule has 3 heterocycles. The Labute approximate surface area is 168 Å². The predicted molar refractivity (Wildman–Crippen MR) is 107 cm³/mol. The molecule has 1 amide bonds. The maximum atomic E-state index is 13.0. The third-order valence-electron chi connectivity index (χ3n) is 4.38. The zero-order valence-electron chi connectivity index (χ0n) is 14.6. The maximum absolute atomic E-state index is 13.0. The van der Waals surface area contributed by atoms with Crippen LogP contribution < -0.4 is 4.90 Å². The Bertz CT molecular complexity index is 909. The Morgan fingerprint density at radius 3 is 2.96 bits per heavy atom. The average Bonchev–Trinajstić information content (AvgIpc) is 3.32. The number of rotatable bonds is 6. The lowest BCUT2D eigenvalue weighted by molar-refractivity contribution is -0.119. The number of carbonyl (C=O) groups is 1. The lowest BCUT2D eigenvalue weighted by Crippen LogP contribution is -2.44. The second-order valence-corrected chi connectivity index (χ2v) is 8.13. The molecule has 1 fully saturated rings. The summed E-state index contributed by atoms with van der Waals surface area (Å²) in [5.74, 6) is -0.0492. The van der Waals surface area contributed by atoms with E-state index in [1.807, 2.05) is 18.2 Å². The van der Waals surface area contributed by atoms with Gasteiger partial charge in [0.25, 0.3) is 5.91 Å². The number of nitrogens with zero attached hydrogens (tertiary/aromatic N) is 6. The third kappa shape index (κ3) is 4.52. The van der Waals surface area contributed by atoms with Crippen molar-refractivity contribution in [3.8, 4) is 0 Å². The van der Waals surface area contributed by atoms with Crippen molar-refractivity contribution < 1.29 is 9.53 Å². The molecule has 0 radical (unpaired) electrons. The number of hydrogen-bond acceptors (Lipinski definition) is 7. The predicted octanol–water partition coefficient (Wildman–Crippen LogP) is 2.02. The molecule has 1 aromatic carbocycles. The summed E-state index contributed by atoms with van der Waals surface area (Å²) >= 11 is 5.01. The summed E-state index contributed by atoms with van der Waals surface area (Å²) in [5.41, 5.74) is 0.892. The van der Waals surface area contributed by atoms with Crippen molar-refractivity contribution in [2.24, 2.45) is 0 Å². The van der Waals surface area contributed by atoms with E-state index in [-0.39, 0.29) is 12.5 Å². The van der Waals surface area contributed by atoms with E-state index < -0.39 is 0 Å². The number of hydrogen-bond donors (Lipinski definition) is 0. The van der Waals surface area contributed by atoms with Crippen molar-refractivity contribution in [2.75, 3.05) is 44.3 Å². The minimum Gasteiger partial charge on any atom is -0.379 e. The molecule has 8 nitrogen and oxygen atoms in total. The number of anilines is 1. The first kappa shape index (κ1) is 18.5. The van der Waals surface area contributed by atoms with Crippen LogP contribution in [0.15, 0.2) is 35.3 Å². The summed E-state index contributed by atoms with van der Waals surface area (Å²) < 4.78 is 8.98. The standard InChI is InChI=1S/C17H19BrN6O2S/c18-13-1-2-14-15(9-13)27-17(21-14)24(4-3-22-5-7-26-8-6-22)16(25)10-23-12-19-11-20-23/h1-2,9,11-12H,3-8,10H2. The van der Waals surface area contributed by atoms with E-state index in [2.05, 4.69) is 35.9 Å². The van der Waals surface area contributed by atoms with Crippen LogP contribution in [-0.2, 0) is 16.1 Å². The first-order chi connectivity index (χ1) is 13.2. The van der Waals surface area contributed by atoms with Gasteiger partial charge >= 0.3 is 0 Å². The number of aromatic nitrogens is 4. The number of morpholine rings is 1. The molecule has 142 valence electrons. The Kier molecular flexibility index (Phi) is 5.77. The van der Waals surface area contributed by atoms with Gasteiger partial charge in [0.15, 0.2) is 5.13 Å². The zero-order chi connectivity index (χ0) is 18.6. The molecule has 2 aromatic heterocycles. The van der Waals surface area contributed by atoms with E-state index in [0.29, 0.717) is 11.7 Å². The summed E-state index contributed by atoms with van der Waals surface area (Å²) in [7, 11) is 0. The van der Waals surface area contributed by atoms with Gasteiger partial charge in [-0.15, -0.1) is 0 Å². The number of benzene rings is 1. The first-order valence-corrected chi connectivity index (χ1v) is 10.3. The van der Waals surface area contributed by atoms with Gasteiger partial charge in [-0.25, -0.2) is 14.6 Å². The van der Waals surface area contributed by atoms with E-state index in [1.54, 1.807) is 11.2 Å². The topological polar surface area (TPSA) is 76.4 Å². The lowest BCUT2D eigenvalue weighted by atomic mass is 10.3. The highest BCUT2D eigenvalue weighted by Crippen LogP contribution is 2.31. The summed E-state index contributed by atoms with van der Waals surface area (Å²) in [6.07, 6.45) is 2.98. The normalized spacial score (nSPS) is 15.3. The van der Waals surface area contributed by atoms with Gasteiger partial charge in [0, 0.05) is 30.7 Å². The monoisotopic (exact) mass is 450 g/mol. The molecule has 0 spiro atoms. The molecule has 0 N–H and O–H groups in total. The minimum absolute atomic E-state index is 0.0492. The van der Waals surface area contributed by atoms with Crippen LogP contribution in [0.3, 0.4) is 0 Å². The van der Waals surface area contributed by atoms with Crippen LogP contribution in [-0.4, -0.2) is 69.9 Å². The third-order valence-corrected chi connectivity index (χ3v) is 5.91. The van der Waals surface area contributed by atoms with Crippen molar-refractivity contribution in [1.29, 1.82) is 0 Å². The second-order valence-electron chi connectivity index (χ2n) is 6.20. The molecule has 0 bridgehead atoms. The van der Waals surface area contributed by atoms with Crippen molar-refractivity contribution in [2.45, 2.75) is 6.54 Å². The molecule has 0 atom stereocenters. The van der Waals surface area contributed by atoms with E-state index in [9.17, 15) is 4.79 Å². The fourth-order valence-corrected chi connectivity index (χ4v) is 4.49. The van der Waals surface area contributed by atoms with Gasteiger partial charge in [0.1, 0.15) is 19.2 Å². The van der Waals surface area contributed by atoms with Crippen LogP contribution in [0.4, 0.5) is 5.13 Å². The van der Waals surface area contributed by atoms with E-state index in [0.717, 1.165) is 47.5 Å². The van der Waals surface area contributed by atoms with Crippen molar-refractivity contribution in [3.63, 3.8) is 0 Å². The molecule has 1 saturated heterocycles. The maximum Gasteiger partial charge on any atom is 0.250 e. The molecule has 3 aromatic rings. The highest BCUT2D eigenvalue weighted by atomic mass is 79.9. The van der Waals surface area contributed by atoms with Gasteiger partial charge in [0.05, 0.1) is 23.4 Å². The van der Waals surface area contributed by atoms with Crippen LogP contribution in [0.25, 0.3) is 10.2 Å². The smallest absolute Gasteiger partial charge is 0.250 e. The summed E-state index contributed by atoms with van der Waals surface area (Å²) in [4.78, 5) is 25.6. The van der Waals surface area contributed by atoms with E-state index in [4.69, 9.17) is 4.74 Å². The SMILES string of the molecule is O=C(Cn1cncn1)N(CCN1CCOCC1)c1nc2ccc(Br)cc2s1. The Morgan fingerprint density at radius 1 is 1.33 bits per heavy atom. The number of ether oxygens (including phenoxy) is 1. The largest absolute Gasteiger partial charge is 0.379 e. The molecule has 1 aliphatic heterocycles. The van der Waals surface area contributed by atoms with Crippen LogP contribution in [0.1, 0.15) is 0 Å². The first-order valence-electron chi connectivity index (χ1n) is 8.68. The van der Waals surface area contributed by atoms with E-state index >= 15 is 0 Å². The van der Waals surface area contributed by atoms with Crippen LogP contribution in [0.5, 0.6) is 0 Å². The number of fused-ring (bicyclic) bond motifs is 1. The fraction of sp³-hybridized carbons (Fsp3) is 0.412. The van der Waals surface area contributed by atoms with Gasteiger partial charge in [-0.05, 0) is 18.2 Å². The lowest BCUT2D eigenvalue weighted by Gasteiger charge is -2.29. The second kappa shape index (κ2) is 8.42. The van der Waals surface area contributed by atoms with Crippen LogP contribution >= 0.6 is 27.3 Å². The fourth-order valence-electron chi connectivity index (χ4n) is 2.93. The zero-order valence-corrected chi connectivity index (χ0v) is 17.0. The van der Waals surface area contributed by atoms with E-state index in [1.165, 1.54) is 22.3 Å². The summed E-state index contributed by atoms with van der Waals surface area (Å²) in [6, 6.07) is 5.95. The highest BCUT2D eigenvalue weighted by Gasteiger charge is 2.22. The average molecular weight is 451 g/mol. The molecule has 1 aliphatic rings. The van der Waals surface area contributed by atoms with Gasteiger partial charge < -0.3 is 4.74 Å². The Morgan fingerprint density at radius 2 is 2.19 bits per heavy atom. The molecule has 10 heteroatoms. The van der Waals surface area contributed by atoms with Gasteiger partial charge in [-0.2, -0.15) is 5.10 Å². The highest BCUT2D eigenvalue weighted by molar-refractivity contribution is 9.10. The number of amides is 1. The van der Waals surface area contributed by atoms with Gasteiger partial charge in [0.2, 0.25) is 0 Å². The Hall–Kier alpha value is -1.88. The van der Waals surface area contributed by atoms with Crippen LogP contribution in [0, 0.1) is 0 Å². The molecular weight excluding hydrogens is 432 g/mol. The quantitative estimate of drug-likeness (QED) is 0.571. The number of halogens is 1. The molecule has 0 aliphatic carbocycles. The molecule has 0 saturated carbocycles. The number of carbonyl (C=O) groups excluding carboxylic acids is 1.